The summed E-state index contributed by atoms with van der Waals surface area (Å²) in [5, 5.41) is 8.14. The molecule has 3 rings (SSSR count). The zero-order chi connectivity index (χ0) is 19.4. The number of rotatable bonds is 4. The Morgan fingerprint density at radius 3 is 2.85 bits per heavy atom. The second-order valence-corrected chi connectivity index (χ2v) is 8.26. The van der Waals surface area contributed by atoms with Crippen LogP contribution in [0.5, 0.6) is 0 Å². The van der Waals surface area contributed by atoms with Gasteiger partial charge in [-0.25, -0.2) is 9.18 Å². The Balaban J connectivity index is 1.53. The van der Waals surface area contributed by atoms with Crippen molar-refractivity contribution in [1.82, 2.24) is 10.6 Å². The van der Waals surface area contributed by atoms with E-state index < -0.39 is 6.03 Å². The summed E-state index contributed by atoms with van der Waals surface area (Å²) >= 11 is 5.02. The molecule has 0 aromatic heterocycles. The van der Waals surface area contributed by atoms with Gasteiger partial charge in [0, 0.05) is 20.8 Å². The van der Waals surface area contributed by atoms with Crippen LogP contribution in [0.2, 0.25) is 0 Å². The van der Waals surface area contributed by atoms with Crippen LogP contribution in [0.25, 0.3) is 0 Å². The van der Waals surface area contributed by atoms with Gasteiger partial charge in [0.2, 0.25) is 5.91 Å². The van der Waals surface area contributed by atoms with Crippen molar-refractivity contribution in [2.24, 2.45) is 0 Å². The molecule has 0 fully saturated rings. The Labute approximate surface area is 169 Å². The Bertz CT molecular complexity index is 878. The highest BCUT2D eigenvalue weighted by Gasteiger charge is 2.23. The molecule has 3 N–H and O–H groups in total. The van der Waals surface area contributed by atoms with Gasteiger partial charge in [-0.1, -0.05) is 15.9 Å². The molecule has 0 saturated carbocycles. The third-order valence-corrected chi connectivity index (χ3v) is 5.80. The van der Waals surface area contributed by atoms with E-state index in [4.69, 9.17) is 0 Å². The molecule has 1 aliphatic rings. The monoisotopic (exact) mass is 451 g/mol. The average Bonchev–Trinajstić information content (AvgIpc) is 2.63. The first-order valence-corrected chi connectivity index (χ1v) is 10.2. The molecule has 1 atom stereocenters. The van der Waals surface area contributed by atoms with Crippen molar-refractivity contribution in [3.8, 4) is 0 Å². The fraction of sp³-hybridized carbons (Fsp3) is 0.263. The van der Waals surface area contributed by atoms with E-state index in [9.17, 15) is 14.0 Å². The minimum absolute atomic E-state index is 0.154. The maximum absolute atomic E-state index is 13.5. The smallest absolute Gasteiger partial charge is 0.315 e. The van der Waals surface area contributed by atoms with Gasteiger partial charge in [-0.2, -0.15) is 0 Å². The summed E-state index contributed by atoms with van der Waals surface area (Å²) < 4.78 is 14.5. The molecule has 1 unspecified atom stereocenters. The molecule has 0 saturated heterocycles. The highest BCUT2D eigenvalue weighted by molar-refractivity contribution is 9.10. The van der Waals surface area contributed by atoms with Crippen LogP contribution < -0.4 is 16.0 Å². The molecule has 1 heterocycles. The van der Waals surface area contributed by atoms with E-state index >= 15 is 0 Å². The van der Waals surface area contributed by atoms with E-state index in [1.807, 2.05) is 19.1 Å². The number of thioether (sulfide) groups is 1. The molecule has 0 bridgehead atoms. The van der Waals surface area contributed by atoms with Gasteiger partial charge in [0.15, 0.2) is 0 Å². The van der Waals surface area contributed by atoms with Crippen LogP contribution >= 0.6 is 27.7 Å². The molecule has 2 aromatic rings. The van der Waals surface area contributed by atoms with E-state index in [1.165, 1.54) is 12.1 Å². The number of aryl methyl sites for hydroxylation is 1. The zero-order valence-corrected chi connectivity index (χ0v) is 17.0. The predicted octanol–water partition coefficient (Wildman–Crippen LogP) is 4.37. The van der Waals surface area contributed by atoms with E-state index in [0.717, 1.165) is 26.2 Å². The number of benzene rings is 2. The highest BCUT2D eigenvalue weighted by Crippen LogP contribution is 2.36. The largest absolute Gasteiger partial charge is 0.331 e. The molecule has 0 radical (unpaired) electrons. The molecule has 142 valence electrons. The van der Waals surface area contributed by atoms with Crippen LogP contribution in [-0.2, 0) is 4.79 Å². The second-order valence-electron chi connectivity index (χ2n) is 6.21. The number of urea groups is 1. The van der Waals surface area contributed by atoms with E-state index in [1.54, 1.807) is 23.9 Å². The van der Waals surface area contributed by atoms with Gasteiger partial charge in [0.1, 0.15) is 5.82 Å². The van der Waals surface area contributed by atoms with Gasteiger partial charge in [-0.3, -0.25) is 4.79 Å². The minimum atomic E-state index is -0.454. The second kappa shape index (κ2) is 8.75. The topological polar surface area (TPSA) is 70.2 Å². The molecule has 0 spiro atoms. The third kappa shape index (κ3) is 5.23. The Morgan fingerprint density at radius 2 is 2.07 bits per heavy atom. The highest BCUT2D eigenvalue weighted by atomic mass is 79.9. The molecule has 1 aliphatic heterocycles. The van der Waals surface area contributed by atoms with Gasteiger partial charge in [-0.15, -0.1) is 11.8 Å². The van der Waals surface area contributed by atoms with Crippen LogP contribution in [0.4, 0.5) is 14.9 Å². The number of fused-ring (bicyclic) bond motifs is 1. The molecular formula is C19H19BrFN3O2S. The van der Waals surface area contributed by atoms with Crippen LogP contribution in [0, 0.1) is 12.7 Å². The summed E-state index contributed by atoms with van der Waals surface area (Å²) in [6.45, 7) is 1.73. The normalized spacial score (nSPS) is 15.6. The van der Waals surface area contributed by atoms with Crippen molar-refractivity contribution in [2.45, 2.75) is 24.3 Å². The first-order valence-electron chi connectivity index (χ1n) is 8.45. The van der Waals surface area contributed by atoms with Gasteiger partial charge in [0.05, 0.1) is 12.6 Å². The summed E-state index contributed by atoms with van der Waals surface area (Å²) in [5.41, 5.74) is 2.39. The summed E-state index contributed by atoms with van der Waals surface area (Å²) in [6, 6.07) is 9.41. The average molecular weight is 452 g/mol. The first kappa shape index (κ1) is 19.7. The minimum Gasteiger partial charge on any atom is -0.331 e. The maximum atomic E-state index is 13.5. The number of anilines is 1. The van der Waals surface area contributed by atoms with Crippen molar-refractivity contribution in [1.29, 1.82) is 0 Å². The van der Waals surface area contributed by atoms with Gasteiger partial charge in [0.25, 0.3) is 0 Å². The lowest BCUT2D eigenvalue weighted by molar-refractivity contribution is -0.115. The van der Waals surface area contributed by atoms with E-state index in [-0.39, 0.29) is 24.3 Å². The number of nitrogens with one attached hydrogen (secondary N) is 3. The summed E-state index contributed by atoms with van der Waals surface area (Å²) in [5.74, 6) is 0.196. The molecular weight excluding hydrogens is 433 g/mol. The van der Waals surface area contributed by atoms with E-state index in [2.05, 4.69) is 31.9 Å². The fourth-order valence-corrected chi connectivity index (χ4v) is 4.43. The number of hydrogen-bond donors (Lipinski definition) is 3. The standard InChI is InChI=1S/C19H19BrFN3O2S/c1-11-8-12(20)2-4-15(11)23-18(25)10-22-19(26)24-16-6-7-27-17-5-3-13(21)9-14(16)17/h2-5,8-9,16H,6-7,10H2,1H3,(H,23,25)(H2,22,24,26). The van der Waals surface area contributed by atoms with Crippen molar-refractivity contribution < 1.29 is 14.0 Å². The number of carbonyl (C=O) groups is 2. The van der Waals surface area contributed by atoms with Crippen LogP contribution in [0.3, 0.4) is 0 Å². The van der Waals surface area contributed by atoms with Gasteiger partial charge >= 0.3 is 6.03 Å². The number of amides is 3. The Hall–Kier alpha value is -2.06. The summed E-state index contributed by atoms with van der Waals surface area (Å²) in [7, 11) is 0. The lowest BCUT2D eigenvalue weighted by atomic mass is 10.0. The summed E-state index contributed by atoms with van der Waals surface area (Å²) in [6.07, 6.45) is 0.707. The molecule has 8 heteroatoms. The lowest BCUT2D eigenvalue weighted by Gasteiger charge is -2.26. The quantitative estimate of drug-likeness (QED) is 0.645. The SMILES string of the molecule is Cc1cc(Br)ccc1NC(=O)CNC(=O)NC1CCSc2ccc(F)cc21. The lowest BCUT2D eigenvalue weighted by Crippen LogP contribution is -2.42. The number of hydrogen-bond acceptors (Lipinski definition) is 3. The third-order valence-electron chi connectivity index (χ3n) is 4.19. The molecule has 27 heavy (non-hydrogen) atoms. The fourth-order valence-electron chi connectivity index (χ4n) is 2.85. The molecule has 5 nitrogen and oxygen atoms in total. The number of carbonyl (C=O) groups excluding carboxylic acids is 2. The van der Waals surface area contributed by atoms with Crippen LogP contribution in [-0.4, -0.2) is 24.2 Å². The number of halogens is 2. The van der Waals surface area contributed by atoms with Crippen molar-refractivity contribution >= 4 is 45.3 Å². The predicted molar refractivity (Wildman–Crippen MR) is 109 cm³/mol. The Morgan fingerprint density at radius 1 is 1.26 bits per heavy atom. The van der Waals surface area contributed by atoms with Crippen molar-refractivity contribution in [2.75, 3.05) is 17.6 Å². The Kier molecular flexibility index (Phi) is 6.38. The van der Waals surface area contributed by atoms with Gasteiger partial charge in [-0.05, 0) is 60.9 Å². The van der Waals surface area contributed by atoms with Crippen LogP contribution in [0.15, 0.2) is 45.8 Å². The van der Waals surface area contributed by atoms with Crippen molar-refractivity contribution in [3.63, 3.8) is 0 Å². The zero-order valence-electron chi connectivity index (χ0n) is 14.6. The molecule has 0 aliphatic carbocycles. The van der Waals surface area contributed by atoms with Gasteiger partial charge < -0.3 is 16.0 Å². The van der Waals surface area contributed by atoms with E-state index in [0.29, 0.717) is 12.1 Å². The molecule has 2 aromatic carbocycles. The summed E-state index contributed by atoms with van der Waals surface area (Å²) in [4.78, 5) is 25.2. The maximum Gasteiger partial charge on any atom is 0.315 e. The van der Waals surface area contributed by atoms with Crippen molar-refractivity contribution in [3.05, 3.63) is 57.8 Å². The first-order chi connectivity index (χ1) is 12.9. The molecule has 3 amide bonds. The van der Waals surface area contributed by atoms with Crippen LogP contribution in [0.1, 0.15) is 23.6 Å².